The molecule has 0 aliphatic carbocycles. The SMILES string of the molecule is O=C(NC[C@]1(O)CCN(Cc2ccc(OCCCO)cc2)C[C@H]1O)c1cscn1. The van der Waals surface area contributed by atoms with E-state index in [0.29, 0.717) is 44.8 Å². The first-order valence-electron chi connectivity index (χ1n) is 9.62. The number of carbonyl (C=O) groups excluding carboxylic acids is 1. The van der Waals surface area contributed by atoms with Gasteiger partial charge in [-0.05, 0) is 24.1 Å². The summed E-state index contributed by atoms with van der Waals surface area (Å²) in [7, 11) is 0. The number of hydrogen-bond acceptors (Lipinski definition) is 8. The zero-order valence-electron chi connectivity index (χ0n) is 16.2. The van der Waals surface area contributed by atoms with Crippen molar-refractivity contribution in [3.8, 4) is 5.75 Å². The normalized spacial score (nSPS) is 22.4. The van der Waals surface area contributed by atoms with Crippen molar-refractivity contribution < 1.29 is 24.9 Å². The summed E-state index contributed by atoms with van der Waals surface area (Å²) in [4.78, 5) is 18.0. The molecule has 1 aromatic carbocycles. The Labute approximate surface area is 173 Å². The van der Waals surface area contributed by atoms with Crippen LogP contribution in [0.5, 0.6) is 5.75 Å². The first-order chi connectivity index (χ1) is 14.0. The molecule has 2 heterocycles. The van der Waals surface area contributed by atoms with Gasteiger partial charge in [-0.3, -0.25) is 9.69 Å². The molecule has 1 aliphatic rings. The lowest BCUT2D eigenvalue weighted by Gasteiger charge is -2.42. The predicted molar refractivity (Wildman–Crippen MR) is 109 cm³/mol. The van der Waals surface area contributed by atoms with Crippen LogP contribution < -0.4 is 10.1 Å². The van der Waals surface area contributed by atoms with Gasteiger partial charge in [0.1, 0.15) is 17.0 Å². The molecule has 0 spiro atoms. The number of amides is 1. The Morgan fingerprint density at radius 3 is 2.83 bits per heavy atom. The van der Waals surface area contributed by atoms with Crippen LogP contribution in [0.1, 0.15) is 28.9 Å². The zero-order valence-corrected chi connectivity index (χ0v) is 17.0. The highest BCUT2D eigenvalue weighted by Crippen LogP contribution is 2.24. The number of aromatic nitrogens is 1. The Hall–Kier alpha value is -2.04. The molecule has 0 saturated carbocycles. The molecule has 2 aromatic rings. The van der Waals surface area contributed by atoms with E-state index < -0.39 is 11.7 Å². The summed E-state index contributed by atoms with van der Waals surface area (Å²) >= 11 is 1.33. The van der Waals surface area contributed by atoms with Gasteiger partial charge in [-0.25, -0.2) is 4.98 Å². The molecule has 0 unspecified atom stereocenters. The third kappa shape index (κ3) is 5.97. The van der Waals surface area contributed by atoms with Gasteiger partial charge in [0, 0.05) is 44.6 Å². The highest BCUT2D eigenvalue weighted by atomic mass is 32.1. The smallest absolute Gasteiger partial charge is 0.270 e. The fraction of sp³-hybridized carbons (Fsp3) is 0.500. The van der Waals surface area contributed by atoms with E-state index in [1.807, 2.05) is 24.3 Å². The van der Waals surface area contributed by atoms with Gasteiger partial charge in [0.25, 0.3) is 5.91 Å². The Morgan fingerprint density at radius 1 is 1.38 bits per heavy atom. The molecule has 29 heavy (non-hydrogen) atoms. The maximum atomic E-state index is 12.0. The maximum absolute atomic E-state index is 12.0. The minimum atomic E-state index is -1.35. The molecule has 2 atom stereocenters. The summed E-state index contributed by atoms with van der Waals surface area (Å²) in [6.07, 6.45) is -0.0119. The van der Waals surface area contributed by atoms with Crippen LogP contribution in [-0.2, 0) is 6.54 Å². The van der Waals surface area contributed by atoms with Crippen LogP contribution in [0.15, 0.2) is 35.2 Å². The zero-order chi connectivity index (χ0) is 20.7. The van der Waals surface area contributed by atoms with Gasteiger partial charge in [-0.15, -0.1) is 11.3 Å². The third-order valence-electron chi connectivity index (χ3n) is 5.03. The number of likely N-dealkylation sites (tertiary alicyclic amines) is 1. The number of thiazole rings is 1. The molecular weight excluding hydrogens is 394 g/mol. The standard InChI is InChI=1S/C20H27N3O5S/c24-8-1-9-28-16-4-2-15(3-5-16)10-23-7-6-20(27,18(25)11-23)13-21-19(26)17-12-29-14-22-17/h2-5,12,14,18,24-25,27H,1,6-11,13H2,(H,21,26)/t18-,20-/m1/s1. The van der Waals surface area contributed by atoms with E-state index in [1.165, 1.54) is 11.3 Å². The number of nitrogens with one attached hydrogen (secondary N) is 1. The summed E-state index contributed by atoms with van der Waals surface area (Å²) in [5.41, 5.74) is 1.61. The lowest BCUT2D eigenvalue weighted by atomic mass is 9.88. The van der Waals surface area contributed by atoms with Crippen LogP contribution in [0.25, 0.3) is 0 Å². The van der Waals surface area contributed by atoms with Crippen molar-refractivity contribution in [3.63, 3.8) is 0 Å². The molecule has 3 rings (SSSR count). The summed E-state index contributed by atoms with van der Waals surface area (Å²) < 4.78 is 5.52. The highest BCUT2D eigenvalue weighted by Gasteiger charge is 2.40. The summed E-state index contributed by atoms with van der Waals surface area (Å²) in [5, 5.41) is 34.3. The molecule has 1 fully saturated rings. The van der Waals surface area contributed by atoms with Gasteiger partial charge in [0.05, 0.1) is 18.2 Å². The van der Waals surface area contributed by atoms with E-state index in [1.54, 1.807) is 10.9 Å². The van der Waals surface area contributed by atoms with Gasteiger partial charge < -0.3 is 25.4 Å². The highest BCUT2D eigenvalue weighted by molar-refractivity contribution is 7.07. The average molecular weight is 422 g/mol. The average Bonchev–Trinajstić information content (AvgIpc) is 3.26. The van der Waals surface area contributed by atoms with E-state index >= 15 is 0 Å². The number of piperidine rings is 1. The quantitative estimate of drug-likeness (QED) is 0.439. The van der Waals surface area contributed by atoms with Crippen LogP contribution in [-0.4, -0.2) is 75.7 Å². The number of hydrogen-bond donors (Lipinski definition) is 4. The summed E-state index contributed by atoms with van der Waals surface area (Å²) in [5.74, 6) is 0.404. The Morgan fingerprint density at radius 2 is 2.17 bits per heavy atom. The molecule has 158 valence electrons. The number of aliphatic hydroxyl groups is 3. The number of nitrogens with zero attached hydrogens (tertiary/aromatic N) is 2. The lowest BCUT2D eigenvalue weighted by molar-refractivity contribution is -0.116. The van der Waals surface area contributed by atoms with Crippen molar-refractivity contribution in [2.45, 2.75) is 31.1 Å². The Bertz CT molecular complexity index is 771. The van der Waals surface area contributed by atoms with Crippen molar-refractivity contribution in [3.05, 3.63) is 46.4 Å². The van der Waals surface area contributed by atoms with Crippen LogP contribution in [0, 0.1) is 0 Å². The van der Waals surface area contributed by atoms with Crippen LogP contribution in [0.4, 0.5) is 0 Å². The second kappa shape index (κ2) is 10.1. The van der Waals surface area contributed by atoms with E-state index in [0.717, 1.165) is 11.3 Å². The second-order valence-corrected chi connectivity index (χ2v) is 7.95. The second-order valence-electron chi connectivity index (χ2n) is 7.23. The number of benzene rings is 1. The summed E-state index contributed by atoms with van der Waals surface area (Å²) in [6, 6.07) is 7.71. The number of rotatable bonds is 9. The lowest BCUT2D eigenvalue weighted by Crippen LogP contribution is -2.60. The van der Waals surface area contributed by atoms with Gasteiger partial charge in [0.15, 0.2) is 0 Å². The Kier molecular flexibility index (Phi) is 7.57. The molecule has 1 saturated heterocycles. The number of aliphatic hydroxyl groups excluding tert-OH is 2. The Balaban J connectivity index is 1.47. The minimum Gasteiger partial charge on any atom is -0.494 e. The van der Waals surface area contributed by atoms with Crippen molar-refractivity contribution in [1.29, 1.82) is 0 Å². The summed E-state index contributed by atoms with van der Waals surface area (Å²) in [6.45, 7) is 2.14. The van der Waals surface area contributed by atoms with Gasteiger partial charge in [0.2, 0.25) is 0 Å². The van der Waals surface area contributed by atoms with Crippen LogP contribution in [0.2, 0.25) is 0 Å². The van der Waals surface area contributed by atoms with Gasteiger partial charge >= 0.3 is 0 Å². The molecule has 4 N–H and O–H groups in total. The molecule has 8 nitrogen and oxygen atoms in total. The van der Waals surface area contributed by atoms with Crippen LogP contribution in [0.3, 0.4) is 0 Å². The fourth-order valence-corrected chi connectivity index (χ4v) is 3.76. The van der Waals surface area contributed by atoms with Crippen molar-refractivity contribution in [1.82, 2.24) is 15.2 Å². The predicted octanol–water partition coefficient (Wildman–Crippen LogP) is 0.632. The third-order valence-corrected chi connectivity index (χ3v) is 5.62. The molecule has 1 aromatic heterocycles. The van der Waals surface area contributed by atoms with Crippen molar-refractivity contribution >= 4 is 17.2 Å². The largest absolute Gasteiger partial charge is 0.494 e. The van der Waals surface area contributed by atoms with E-state index in [4.69, 9.17) is 9.84 Å². The van der Waals surface area contributed by atoms with Crippen molar-refractivity contribution in [2.75, 3.05) is 32.8 Å². The van der Waals surface area contributed by atoms with E-state index in [-0.39, 0.29) is 19.1 Å². The van der Waals surface area contributed by atoms with Gasteiger partial charge in [-0.2, -0.15) is 0 Å². The first kappa shape index (κ1) is 21.7. The van der Waals surface area contributed by atoms with Crippen molar-refractivity contribution in [2.24, 2.45) is 0 Å². The van der Waals surface area contributed by atoms with Crippen LogP contribution >= 0.6 is 11.3 Å². The molecule has 0 bridgehead atoms. The topological polar surface area (TPSA) is 115 Å². The fourth-order valence-electron chi connectivity index (χ4n) is 3.23. The van der Waals surface area contributed by atoms with E-state index in [2.05, 4.69) is 15.2 Å². The minimum absolute atomic E-state index is 0.0156. The van der Waals surface area contributed by atoms with E-state index in [9.17, 15) is 15.0 Å². The molecular formula is C20H27N3O5S. The number of carbonyl (C=O) groups is 1. The maximum Gasteiger partial charge on any atom is 0.270 e. The molecule has 1 amide bonds. The molecule has 1 aliphatic heterocycles. The van der Waals surface area contributed by atoms with Gasteiger partial charge in [-0.1, -0.05) is 12.1 Å². The molecule has 0 radical (unpaired) electrons. The first-order valence-corrected chi connectivity index (χ1v) is 10.6. The molecule has 9 heteroatoms. The number of ether oxygens (including phenoxy) is 1. The number of β-amino-alcohol motifs (C(OH)–C–C–N with tert-alkyl or cyclic N) is 1. The monoisotopic (exact) mass is 421 g/mol.